The number of nitrogens with zero attached hydrogens (tertiary/aromatic N) is 5. The van der Waals surface area contributed by atoms with Crippen LogP contribution < -0.4 is 15.4 Å². The summed E-state index contributed by atoms with van der Waals surface area (Å²) in [6.07, 6.45) is 1.47. The van der Waals surface area contributed by atoms with Crippen LogP contribution in [0, 0.1) is 0 Å². The number of methoxy groups -OCH3 is 1. The second kappa shape index (κ2) is 14.9. The molecule has 0 fully saturated rings. The largest absolute Gasteiger partial charge is 0.495 e. The van der Waals surface area contributed by atoms with Gasteiger partial charge in [-0.05, 0) is 49.6 Å². The Balaban J connectivity index is 1.49. The van der Waals surface area contributed by atoms with Crippen molar-refractivity contribution in [2.75, 3.05) is 37.6 Å². The van der Waals surface area contributed by atoms with Gasteiger partial charge in [-0.3, -0.25) is 9.25 Å². The summed E-state index contributed by atoms with van der Waals surface area (Å²) in [5.41, 5.74) is 1.41. The third kappa shape index (κ3) is 7.99. The number of benzene rings is 2. The summed E-state index contributed by atoms with van der Waals surface area (Å²) in [6, 6.07) is 8.14. The van der Waals surface area contributed by atoms with Crippen molar-refractivity contribution in [3.05, 3.63) is 66.2 Å². The van der Waals surface area contributed by atoms with Crippen LogP contribution in [-0.2, 0) is 39.5 Å². The molecule has 0 aliphatic heterocycles. The number of aromatic hydroxyl groups is 1. The van der Waals surface area contributed by atoms with E-state index in [1.807, 2.05) is 0 Å². The van der Waals surface area contributed by atoms with Crippen LogP contribution in [0.1, 0.15) is 31.4 Å². The van der Waals surface area contributed by atoms with Gasteiger partial charge in [0.2, 0.25) is 11.8 Å². The van der Waals surface area contributed by atoms with Crippen LogP contribution in [0.5, 0.6) is 11.6 Å². The van der Waals surface area contributed by atoms with Crippen molar-refractivity contribution in [2.45, 2.75) is 39.2 Å². The summed E-state index contributed by atoms with van der Waals surface area (Å²) in [5, 5.41) is 31.0. The van der Waals surface area contributed by atoms with Crippen molar-refractivity contribution in [3.63, 3.8) is 0 Å². The van der Waals surface area contributed by atoms with Gasteiger partial charge in [0.25, 0.3) is 0 Å². The van der Waals surface area contributed by atoms with Crippen LogP contribution in [0.4, 0.5) is 36.3 Å². The van der Waals surface area contributed by atoms with E-state index in [4.69, 9.17) is 18.9 Å². The highest BCUT2D eigenvalue weighted by Crippen LogP contribution is 2.52. The van der Waals surface area contributed by atoms with Crippen LogP contribution >= 0.6 is 7.60 Å². The first-order valence-corrected chi connectivity index (χ1v) is 17.1. The van der Waals surface area contributed by atoms with E-state index >= 15 is 0 Å². The fourth-order valence-corrected chi connectivity index (χ4v) is 7.00. The number of alkyl halides is 3. The summed E-state index contributed by atoms with van der Waals surface area (Å²) in [5.74, 6) is -0.599. The quantitative estimate of drug-likeness (QED) is 0.0818. The third-order valence-corrected chi connectivity index (χ3v) is 9.56. The number of aryl methyl sites for hydroxylation is 2. The van der Waals surface area contributed by atoms with E-state index in [0.717, 1.165) is 5.56 Å². The molecule has 0 atom stereocenters. The lowest BCUT2D eigenvalue weighted by Gasteiger charge is -2.18. The van der Waals surface area contributed by atoms with Gasteiger partial charge in [-0.25, -0.2) is 4.98 Å². The highest BCUT2D eigenvalue weighted by molar-refractivity contribution is 7.53. The van der Waals surface area contributed by atoms with E-state index in [1.165, 1.54) is 11.7 Å². The zero-order chi connectivity index (χ0) is 35.3. The number of rotatable bonds is 15. The monoisotopic (exact) mass is 703 g/mol. The predicted octanol–water partition coefficient (Wildman–Crippen LogP) is 7.20. The van der Waals surface area contributed by atoms with Crippen LogP contribution in [0.15, 0.2) is 55.1 Å². The van der Waals surface area contributed by atoms with Crippen molar-refractivity contribution in [1.29, 1.82) is 0 Å². The molecule has 49 heavy (non-hydrogen) atoms. The van der Waals surface area contributed by atoms with Crippen molar-refractivity contribution < 1.29 is 41.7 Å². The van der Waals surface area contributed by atoms with E-state index in [9.17, 15) is 22.8 Å². The molecule has 0 aliphatic rings. The number of aliphatic hydroxyl groups excluding tert-OH is 1. The molecular formula is C32H37F3N7O6P. The Morgan fingerprint density at radius 3 is 2.43 bits per heavy atom. The Morgan fingerprint density at radius 2 is 1.76 bits per heavy atom. The molecule has 17 heteroatoms. The molecule has 0 radical (unpaired) electrons. The van der Waals surface area contributed by atoms with Gasteiger partial charge < -0.3 is 39.2 Å². The van der Waals surface area contributed by atoms with Crippen molar-refractivity contribution >= 4 is 41.5 Å². The second-order valence-corrected chi connectivity index (χ2v) is 13.0. The molecule has 3 heterocycles. The second-order valence-electron chi connectivity index (χ2n) is 10.9. The van der Waals surface area contributed by atoms with Gasteiger partial charge in [-0.1, -0.05) is 12.1 Å². The fraction of sp³-hybridized carbons (Fsp3) is 0.344. The molecule has 262 valence electrons. The SMILES string of the molecule is CCOP(=O)(Cc1ccc(Nc2ncc(C(F)(F)F)c(Nc3ccc(-c4cnn(CCCO)c4)c4cn(C)c(O)c34)n2)c(OC)c1)OCC. The van der Waals surface area contributed by atoms with Gasteiger partial charge in [0.1, 0.15) is 17.1 Å². The standard InChI is InChI=1S/C32H37F3N7O6P/c1-5-47-49(45,48-6-2)19-20-8-10-25(27(14-20)46-4)39-31-36-16-24(32(33,34)35)29(40-31)38-26-11-9-22(23-18-41(3)30(44)28(23)26)21-15-37-42(17-21)12-7-13-43/h8-11,14-18,43-44H,5-7,12-13,19H2,1-4H3,(H2,36,38,39,40). The Labute approximate surface area is 280 Å². The zero-order valence-corrected chi connectivity index (χ0v) is 28.2. The van der Waals surface area contributed by atoms with Gasteiger partial charge in [-0.2, -0.15) is 23.3 Å². The molecule has 0 spiro atoms. The topological polar surface area (TPSA) is 158 Å². The molecule has 0 bridgehead atoms. The van der Waals surface area contributed by atoms with Gasteiger partial charge in [-0.15, -0.1) is 0 Å². The maximum atomic E-state index is 14.2. The van der Waals surface area contributed by atoms with E-state index < -0.39 is 25.2 Å². The Hall–Kier alpha value is -4.63. The molecule has 0 unspecified atom stereocenters. The average Bonchev–Trinajstić information content (AvgIpc) is 3.64. The number of hydrogen-bond acceptors (Lipinski definition) is 11. The molecule has 0 amide bonds. The number of aromatic nitrogens is 5. The van der Waals surface area contributed by atoms with E-state index in [2.05, 4.69) is 25.7 Å². The van der Waals surface area contributed by atoms with Crippen LogP contribution in [-0.4, -0.2) is 61.5 Å². The molecule has 4 N–H and O–H groups in total. The number of nitrogens with one attached hydrogen (secondary N) is 2. The molecule has 5 rings (SSSR count). The molecule has 13 nitrogen and oxygen atoms in total. The zero-order valence-electron chi connectivity index (χ0n) is 27.3. The van der Waals surface area contributed by atoms with Crippen molar-refractivity contribution in [2.24, 2.45) is 7.05 Å². The fourth-order valence-electron chi connectivity index (χ4n) is 5.31. The Kier molecular flexibility index (Phi) is 10.8. The number of aliphatic hydroxyl groups is 1. The summed E-state index contributed by atoms with van der Waals surface area (Å²) >= 11 is 0. The predicted molar refractivity (Wildman–Crippen MR) is 179 cm³/mol. The minimum Gasteiger partial charge on any atom is -0.495 e. The normalized spacial score (nSPS) is 12.1. The summed E-state index contributed by atoms with van der Waals surface area (Å²) in [7, 11) is -0.375. The van der Waals surface area contributed by atoms with Gasteiger partial charge in [0.05, 0.1) is 49.4 Å². The molecule has 3 aromatic heterocycles. The highest BCUT2D eigenvalue weighted by atomic mass is 31.2. The Morgan fingerprint density at radius 1 is 1.02 bits per heavy atom. The van der Waals surface area contributed by atoms with E-state index in [1.54, 1.807) is 74.5 Å². The summed E-state index contributed by atoms with van der Waals surface area (Å²) in [6.45, 7) is 4.35. The molecule has 0 aliphatic carbocycles. The number of anilines is 4. The van der Waals surface area contributed by atoms with Crippen LogP contribution in [0.25, 0.3) is 21.9 Å². The summed E-state index contributed by atoms with van der Waals surface area (Å²) in [4.78, 5) is 8.09. The first kappa shape index (κ1) is 35.7. The lowest BCUT2D eigenvalue weighted by Crippen LogP contribution is -2.13. The van der Waals surface area contributed by atoms with Gasteiger partial charge in [0.15, 0.2) is 0 Å². The van der Waals surface area contributed by atoms with Crippen molar-refractivity contribution in [1.82, 2.24) is 24.3 Å². The molecule has 0 saturated heterocycles. The number of ether oxygens (including phenoxy) is 1. The van der Waals surface area contributed by atoms with Gasteiger partial charge in [0, 0.05) is 49.7 Å². The third-order valence-electron chi connectivity index (χ3n) is 7.50. The smallest absolute Gasteiger partial charge is 0.421 e. The minimum absolute atomic E-state index is 0.0121. The molecule has 2 aromatic carbocycles. The highest BCUT2D eigenvalue weighted by Gasteiger charge is 2.36. The van der Waals surface area contributed by atoms with Crippen molar-refractivity contribution in [3.8, 4) is 22.8 Å². The van der Waals surface area contributed by atoms with E-state index in [0.29, 0.717) is 47.1 Å². The number of halogens is 3. The molecular weight excluding hydrogens is 666 g/mol. The number of hydrogen-bond donors (Lipinski definition) is 4. The summed E-state index contributed by atoms with van der Waals surface area (Å²) < 4.78 is 75.1. The van der Waals surface area contributed by atoms with Crippen LogP contribution in [0.3, 0.4) is 0 Å². The van der Waals surface area contributed by atoms with Gasteiger partial charge >= 0.3 is 13.8 Å². The lowest BCUT2D eigenvalue weighted by molar-refractivity contribution is -0.137. The maximum Gasteiger partial charge on any atom is 0.421 e. The van der Waals surface area contributed by atoms with Crippen LogP contribution in [0.2, 0.25) is 0 Å². The first-order valence-electron chi connectivity index (χ1n) is 15.4. The maximum absolute atomic E-state index is 14.2. The lowest BCUT2D eigenvalue weighted by atomic mass is 10.0. The number of fused-ring (bicyclic) bond motifs is 1. The Bertz CT molecular complexity index is 1970. The molecule has 5 aromatic rings. The first-order chi connectivity index (χ1) is 23.4. The molecule has 0 saturated carbocycles. The minimum atomic E-state index is -4.81. The van der Waals surface area contributed by atoms with E-state index in [-0.39, 0.29) is 48.9 Å². The average molecular weight is 704 g/mol.